The van der Waals surface area contributed by atoms with Gasteiger partial charge in [-0.15, -0.1) is 0 Å². The maximum atomic E-state index is 12.8. The predicted molar refractivity (Wildman–Crippen MR) is 156 cm³/mol. The number of amides is 1. The van der Waals surface area contributed by atoms with Crippen LogP contribution in [-0.2, 0) is 11.4 Å². The van der Waals surface area contributed by atoms with Gasteiger partial charge in [0.05, 0.1) is 34.2 Å². The third-order valence-electron chi connectivity index (χ3n) is 6.75. The molecule has 1 aliphatic heterocycles. The number of anilines is 2. The lowest BCUT2D eigenvalue weighted by Gasteiger charge is -2.36. The van der Waals surface area contributed by atoms with Crippen LogP contribution in [0.15, 0.2) is 67.1 Å². The number of pyridine rings is 1. The normalized spacial score (nSPS) is 15.3. The molecule has 3 heterocycles. The molecule has 1 saturated heterocycles. The highest BCUT2D eigenvalue weighted by Gasteiger charge is 2.27. The van der Waals surface area contributed by atoms with Crippen LogP contribution in [0.3, 0.4) is 0 Å². The van der Waals surface area contributed by atoms with Crippen molar-refractivity contribution in [2.75, 3.05) is 39.1 Å². The average Bonchev–Trinajstić information content (AvgIpc) is 2.96. The summed E-state index contributed by atoms with van der Waals surface area (Å²) < 4.78 is 12.2. The van der Waals surface area contributed by atoms with E-state index in [1.54, 1.807) is 12.3 Å². The summed E-state index contributed by atoms with van der Waals surface area (Å²) in [6, 6.07) is 16.9. The maximum Gasteiger partial charge on any atom is 0.237 e. The largest absolute Gasteiger partial charge is 0.491 e. The quantitative estimate of drug-likeness (QED) is 0.278. The molecule has 1 atom stereocenters. The van der Waals surface area contributed by atoms with Gasteiger partial charge >= 0.3 is 0 Å². The zero-order valence-electron chi connectivity index (χ0n) is 22.7. The van der Waals surface area contributed by atoms with Crippen LogP contribution in [0.4, 0.5) is 11.5 Å². The number of ether oxygens (including phenoxy) is 2. The number of hydrogen-bond donors (Lipinski definition) is 1. The molecule has 40 heavy (non-hydrogen) atoms. The predicted octanol–water partition coefficient (Wildman–Crippen LogP) is 5.32. The van der Waals surface area contributed by atoms with Crippen LogP contribution in [0.5, 0.6) is 11.5 Å². The zero-order valence-corrected chi connectivity index (χ0v) is 23.5. The van der Waals surface area contributed by atoms with Gasteiger partial charge in [-0.1, -0.05) is 23.7 Å². The Morgan fingerprint density at radius 3 is 2.75 bits per heavy atom. The van der Waals surface area contributed by atoms with Gasteiger partial charge in [0.25, 0.3) is 0 Å². The van der Waals surface area contributed by atoms with Gasteiger partial charge in [0.2, 0.25) is 5.91 Å². The van der Waals surface area contributed by atoms with Crippen molar-refractivity contribution < 1.29 is 14.3 Å². The van der Waals surface area contributed by atoms with Crippen LogP contribution in [0, 0.1) is 0 Å². The SMILES string of the molecule is CN(C)CC(=O)N1CCCC[C@H]1COc1cccc2ncnc(Nc3ccc(OCc4ccccn4)c(Cl)c3)c12. The third-order valence-corrected chi connectivity index (χ3v) is 7.05. The second kappa shape index (κ2) is 12.9. The number of carbonyl (C=O) groups is 1. The summed E-state index contributed by atoms with van der Waals surface area (Å²) >= 11 is 6.54. The number of likely N-dealkylation sites (N-methyl/N-ethyl adjacent to an activating group) is 1. The molecular weight excluding hydrogens is 528 g/mol. The van der Waals surface area contributed by atoms with E-state index in [-0.39, 0.29) is 11.9 Å². The topological polar surface area (TPSA) is 92.7 Å². The standard InChI is InChI=1S/C30H33ClN6O3/c1-36(2)17-28(38)37-15-6-4-9-23(37)19-40-27-11-7-10-25-29(27)30(34-20-33-25)35-21-12-13-26(24(31)16-21)39-18-22-8-3-5-14-32-22/h3,5,7-8,10-14,16,20,23H,4,6,9,15,17-19H2,1-2H3,(H,33,34,35)/t23-/m0/s1. The first-order chi connectivity index (χ1) is 19.5. The average molecular weight is 561 g/mol. The Morgan fingerprint density at radius 2 is 1.95 bits per heavy atom. The second-order valence-corrected chi connectivity index (χ2v) is 10.4. The van der Waals surface area contributed by atoms with Crippen LogP contribution < -0.4 is 14.8 Å². The van der Waals surface area contributed by atoms with Crippen LogP contribution in [0.2, 0.25) is 5.02 Å². The van der Waals surface area contributed by atoms with E-state index < -0.39 is 0 Å². The van der Waals surface area contributed by atoms with Crippen LogP contribution in [-0.4, -0.2) is 70.5 Å². The van der Waals surface area contributed by atoms with Crippen LogP contribution in [0.1, 0.15) is 25.0 Å². The van der Waals surface area contributed by atoms with Crippen molar-refractivity contribution in [2.24, 2.45) is 0 Å². The molecule has 208 valence electrons. The number of rotatable bonds is 10. The van der Waals surface area contributed by atoms with E-state index in [0.717, 1.165) is 48.1 Å². The van der Waals surface area contributed by atoms with Crippen molar-refractivity contribution in [3.8, 4) is 11.5 Å². The first-order valence-electron chi connectivity index (χ1n) is 13.4. The van der Waals surface area contributed by atoms with E-state index in [9.17, 15) is 4.79 Å². The summed E-state index contributed by atoms with van der Waals surface area (Å²) in [6.07, 6.45) is 6.25. The van der Waals surface area contributed by atoms with Gasteiger partial charge in [-0.05, 0) is 75.8 Å². The molecular formula is C30H33ClN6O3. The van der Waals surface area contributed by atoms with E-state index in [1.165, 1.54) is 6.33 Å². The van der Waals surface area contributed by atoms with Gasteiger partial charge in [-0.3, -0.25) is 9.78 Å². The zero-order chi connectivity index (χ0) is 27.9. The lowest BCUT2D eigenvalue weighted by molar-refractivity contribution is -0.136. The Hall–Kier alpha value is -3.95. The highest BCUT2D eigenvalue weighted by molar-refractivity contribution is 6.32. The first kappa shape index (κ1) is 27.6. The van der Waals surface area contributed by atoms with Gasteiger partial charge < -0.3 is 24.6 Å². The van der Waals surface area contributed by atoms with Crippen molar-refractivity contribution in [1.29, 1.82) is 0 Å². The fourth-order valence-electron chi connectivity index (χ4n) is 4.81. The second-order valence-electron chi connectivity index (χ2n) is 10.0. The number of nitrogens with one attached hydrogen (secondary N) is 1. The summed E-state index contributed by atoms with van der Waals surface area (Å²) in [5, 5.41) is 4.59. The fraction of sp³-hybridized carbons (Fsp3) is 0.333. The molecule has 0 bridgehead atoms. The molecule has 2 aromatic carbocycles. The molecule has 0 aliphatic carbocycles. The van der Waals surface area contributed by atoms with Gasteiger partial charge in [-0.25, -0.2) is 9.97 Å². The number of hydrogen-bond acceptors (Lipinski definition) is 8. The molecule has 1 fully saturated rings. The highest BCUT2D eigenvalue weighted by Crippen LogP contribution is 2.34. The van der Waals surface area contributed by atoms with E-state index in [2.05, 4.69) is 20.3 Å². The highest BCUT2D eigenvalue weighted by atomic mass is 35.5. The molecule has 10 heteroatoms. The van der Waals surface area contributed by atoms with Gasteiger partial charge in [0.15, 0.2) is 0 Å². The molecule has 9 nitrogen and oxygen atoms in total. The molecule has 4 aromatic rings. The Morgan fingerprint density at radius 1 is 1.05 bits per heavy atom. The molecule has 1 amide bonds. The van der Waals surface area contributed by atoms with Crippen LogP contribution >= 0.6 is 11.6 Å². The van der Waals surface area contributed by atoms with E-state index in [4.69, 9.17) is 21.1 Å². The lowest BCUT2D eigenvalue weighted by Crippen LogP contribution is -2.49. The van der Waals surface area contributed by atoms with Crippen molar-refractivity contribution >= 4 is 39.9 Å². The summed E-state index contributed by atoms with van der Waals surface area (Å²) in [7, 11) is 3.82. The summed E-state index contributed by atoms with van der Waals surface area (Å²) in [5.41, 5.74) is 2.32. The minimum absolute atomic E-state index is 0.0231. The Balaban J connectivity index is 1.32. The van der Waals surface area contributed by atoms with E-state index in [0.29, 0.717) is 42.1 Å². The molecule has 2 aromatic heterocycles. The molecule has 1 N–H and O–H groups in total. The Kier molecular flexibility index (Phi) is 8.93. The number of aromatic nitrogens is 3. The van der Waals surface area contributed by atoms with Gasteiger partial charge in [0, 0.05) is 18.4 Å². The molecule has 0 saturated carbocycles. The smallest absolute Gasteiger partial charge is 0.237 e. The van der Waals surface area contributed by atoms with Crippen LogP contribution in [0.25, 0.3) is 10.9 Å². The molecule has 1 aliphatic rings. The lowest BCUT2D eigenvalue weighted by atomic mass is 10.0. The van der Waals surface area contributed by atoms with Gasteiger partial charge in [-0.2, -0.15) is 0 Å². The van der Waals surface area contributed by atoms with Crippen molar-refractivity contribution in [2.45, 2.75) is 31.9 Å². The van der Waals surface area contributed by atoms with E-state index in [1.807, 2.05) is 72.4 Å². The van der Waals surface area contributed by atoms with E-state index >= 15 is 0 Å². The number of likely N-dealkylation sites (tertiary alicyclic amines) is 1. The molecule has 5 rings (SSSR count). The Labute approximate surface area is 239 Å². The van der Waals surface area contributed by atoms with Gasteiger partial charge in [0.1, 0.15) is 36.9 Å². The maximum absolute atomic E-state index is 12.8. The van der Waals surface area contributed by atoms with Crippen molar-refractivity contribution in [3.05, 3.63) is 77.8 Å². The number of piperidine rings is 1. The third kappa shape index (κ3) is 6.78. The number of nitrogens with zero attached hydrogens (tertiary/aromatic N) is 5. The summed E-state index contributed by atoms with van der Waals surface area (Å²) in [4.78, 5) is 29.9. The summed E-state index contributed by atoms with van der Waals surface area (Å²) in [6.45, 7) is 1.88. The molecule has 0 unspecified atom stereocenters. The molecule has 0 spiro atoms. The van der Waals surface area contributed by atoms with Crippen molar-refractivity contribution in [1.82, 2.24) is 24.8 Å². The van der Waals surface area contributed by atoms with Crippen molar-refractivity contribution in [3.63, 3.8) is 0 Å². The summed E-state index contributed by atoms with van der Waals surface area (Å²) in [5.74, 6) is 1.96. The minimum atomic E-state index is 0.0231. The number of benzene rings is 2. The number of fused-ring (bicyclic) bond motifs is 1. The first-order valence-corrected chi connectivity index (χ1v) is 13.8. The number of halogens is 1. The Bertz CT molecular complexity index is 1450. The molecule has 0 radical (unpaired) electrons. The monoisotopic (exact) mass is 560 g/mol. The fourth-order valence-corrected chi connectivity index (χ4v) is 5.05. The number of carbonyl (C=O) groups excluding carboxylic acids is 1. The minimum Gasteiger partial charge on any atom is -0.491 e.